The fourth-order valence-electron chi connectivity index (χ4n) is 4.11. The lowest BCUT2D eigenvalue weighted by Gasteiger charge is -2.32. The molecule has 2 heterocycles. The van der Waals surface area contributed by atoms with Crippen LogP contribution in [0.4, 0.5) is 0 Å². The van der Waals surface area contributed by atoms with Crippen LogP contribution in [0.15, 0.2) is 36.1 Å². The summed E-state index contributed by atoms with van der Waals surface area (Å²) in [4.78, 5) is 27.2. The van der Waals surface area contributed by atoms with Crippen LogP contribution >= 0.6 is 0 Å². The maximum Gasteiger partial charge on any atom is 0.337 e. The first-order valence-electron chi connectivity index (χ1n) is 13.6. The average Bonchev–Trinajstić information content (AvgIpc) is 3.00. The van der Waals surface area contributed by atoms with E-state index >= 15 is 0 Å². The number of carbonyl (C=O) groups excluding carboxylic acids is 2. The van der Waals surface area contributed by atoms with E-state index in [1.807, 2.05) is 12.1 Å². The summed E-state index contributed by atoms with van der Waals surface area (Å²) in [6.07, 6.45) is 1.55. The third kappa shape index (κ3) is 11.1. The number of nitrogens with zero attached hydrogens (tertiary/aromatic N) is 1. The van der Waals surface area contributed by atoms with Crippen LogP contribution in [0.3, 0.4) is 0 Å². The second-order valence-electron chi connectivity index (χ2n) is 8.98. The zero-order valence-electron chi connectivity index (χ0n) is 23.1. The highest BCUT2D eigenvalue weighted by atomic mass is 16.7. The van der Waals surface area contributed by atoms with Gasteiger partial charge >= 0.3 is 5.97 Å². The fraction of sp³-hybridized carbons (Fsp3) is 0.643. The number of aliphatic hydroxyl groups excluding tert-OH is 1. The van der Waals surface area contributed by atoms with Crippen LogP contribution < -0.4 is 0 Å². The molecule has 0 aliphatic carbocycles. The van der Waals surface area contributed by atoms with Crippen LogP contribution in [0.2, 0.25) is 0 Å². The van der Waals surface area contributed by atoms with E-state index in [9.17, 15) is 9.59 Å². The second-order valence-corrected chi connectivity index (χ2v) is 8.98. The molecule has 0 spiro atoms. The van der Waals surface area contributed by atoms with Crippen molar-refractivity contribution in [2.75, 3.05) is 99.5 Å². The van der Waals surface area contributed by atoms with Crippen LogP contribution in [0.5, 0.6) is 0 Å². The molecular formula is C28H41NO11. The van der Waals surface area contributed by atoms with Crippen LogP contribution in [0.25, 0.3) is 0 Å². The van der Waals surface area contributed by atoms with Crippen molar-refractivity contribution in [2.24, 2.45) is 0 Å². The molecule has 2 unspecified atom stereocenters. The Morgan fingerprint density at radius 3 is 2.05 bits per heavy atom. The summed E-state index contributed by atoms with van der Waals surface area (Å²) in [5, 5.41) is 8.90. The van der Waals surface area contributed by atoms with Crippen LogP contribution in [0.1, 0.15) is 28.3 Å². The lowest BCUT2D eigenvalue weighted by atomic mass is 9.92. The number of hydrogen-bond donors (Lipinski definition) is 1. The van der Waals surface area contributed by atoms with Crippen molar-refractivity contribution in [3.63, 3.8) is 0 Å². The summed E-state index contributed by atoms with van der Waals surface area (Å²) < 4.78 is 44.2. The minimum Gasteiger partial charge on any atom is -0.465 e. The van der Waals surface area contributed by atoms with Crippen molar-refractivity contribution in [3.05, 3.63) is 47.2 Å². The number of amides is 1. The van der Waals surface area contributed by atoms with Crippen molar-refractivity contribution < 1.29 is 52.6 Å². The number of rotatable bonds is 9. The van der Waals surface area contributed by atoms with Gasteiger partial charge in [0.25, 0.3) is 5.91 Å². The standard InChI is InChI=1S/C28H41NO11/c1-33-28(32)23-4-2-22(3-5-23)24-20-25(40-26(21-24)39-19-18-36-11-8-30)27(31)29-6-9-34-12-14-37-16-17-38-15-13-35-10-7-29/h2-5,20,24,26,30H,6-19,21H2,1H3. The molecule has 12 heteroatoms. The quantitative estimate of drug-likeness (QED) is 0.340. The topological polar surface area (TPSA) is 131 Å². The molecule has 40 heavy (non-hydrogen) atoms. The van der Waals surface area contributed by atoms with Gasteiger partial charge in [-0.1, -0.05) is 12.1 Å². The largest absolute Gasteiger partial charge is 0.465 e. The minimum atomic E-state index is -0.697. The molecular weight excluding hydrogens is 526 g/mol. The Hall–Kier alpha value is -2.58. The second kappa shape index (κ2) is 18.7. The number of benzene rings is 1. The minimum absolute atomic E-state index is 0.0751. The number of hydrogen-bond acceptors (Lipinski definition) is 11. The zero-order valence-corrected chi connectivity index (χ0v) is 23.1. The van der Waals surface area contributed by atoms with Crippen LogP contribution in [0, 0.1) is 0 Å². The first kappa shape index (κ1) is 31.9. The number of carbonyl (C=O) groups is 2. The van der Waals surface area contributed by atoms with Gasteiger partial charge in [-0.25, -0.2) is 4.79 Å². The summed E-state index contributed by atoms with van der Waals surface area (Å²) in [7, 11) is 1.33. The Bertz CT molecular complexity index is 892. The van der Waals surface area contributed by atoms with Crippen LogP contribution in [-0.4, -0.2) is 128 Å². The van der Waals surface area contributed by atoms with E-state index < -0.39 is 12.3 Å². The van der Waals surface area contributed by atoms with Crippen molar-refractivity contribution >= 4 is 11.9 Å². The molecule has 2 aliphatic rings. The summed E-state index contributed by atoms with van der Waals surface area (Å²) in [5.41, 5.74) is 1.33. The summed E-state index contributed by atoms with van der Waals surface area (Å²) >= 11 is 0. The van der Waals surface area contributed by atoms with E-state index in [1.54, 1.807) is 23.1 Å². The highest BCUT2D eigenvalue weighted by Gasteiger charge is 2.31. The number of esters is 1. The Kier molecular flexibility index (Phi) is 14.9. The van der Waals surface area contributed by atoms with E-state index in [0.29, 0.717) is 77.9 Å². The van der Waals surface area contributed by atoms with Gasteiger partial charge in [-0.3, -0.25) is 4.79 Å². The molecule has 0 bridgehead atoms. The van der Waals surface area contributed by atoms with E-state index in [4.69, 9.17) is 43.0 Å². The smallest absolute Gasteiger partial charge is 0.337 e. The first-order chi connectivity index (χ1) is 19.6. The van der Waals surface area contributed by atoms with Gasteiger partial charge < -0.3 is 47.9 Å². The summed E-state index contributed by atoms with van der Waals surface area (Å²) in [6, 6.07) is 7.04. The number of allylic oxidation sites excluding steroid dienone is 1. The number of aliphatic hydroxyl groups is 1. The molecule has 1 saturated heterocycles. The Balaban J connectivity index is 1.72. The SMILES string of the molecule is COC(=O)c1ccc(C2C=C(C(=O)N3CCOCCOCCOCCOCC3)OC(OCCOCCO)C2)cc1. The van der Waals surface area contributed by atoms with Gasteiger partial charge in [-0.15, -0.1) is 0 Å². The molecule has 1 amide bonds. The zero-order chi connectivity index (χ0) is 28.4. The molecule has 3 rings (SSSR count). The van der Waals surface area contributed by atoms with Gasteiger partial charge in [-0.2, -0.15) is 0 Å². The Labute approximate surface area is 235 Å². The average molecular weight is 568 g/mol. The first-order valence-corrected chi connectivity index (χ1v) is 13.6. The number of methoxy groups -OCH3 is 1. The molecule has 12 nitrogen and oxygen atoms in total. The van der Waals surface area contributed by atoms with E-state index in [-0.39, 0.29) is 44.0 Å². The lowest BCUT2D eigenvalue weighted by molar-refractivity contribution is -0.157. The van der Waals surface area contributed by atoms with Gasteiger partial charge in [0, 0.05) is 25.4 Å². The maximum absolute atomic E-state index is 13.7. The van der Waals surface area contributed by atoms with E-state index in [1.165, 1.54) is 7.11 Å². The Morgan fingerprint density at radius 1 is 0.875 bits per heavy atom. The third-order valence-electron chi connectivity index (χ3n) is 6.21. The van der Waals surface area contributed by atoms with E-state index in [2.05, 4.69) is 0 Å². The molecule has 0 radical (unpaired) electrons. The van der Waals surface area contributed by atoms with E-state index in [0.717, 1.165) is 5.56 Å². The normalized spacial score (nSPS) is 21.9. The van der Waals surface area contributed by atoms with Gasteiger partial charge in [0.15, 0.2) is 5.76 Å². The third-order valence-corrected chi connectivity index (χ3v) is 6.21. The van der Waals surface area contributed by atoms with Gasteiger partial charge in [0.2, 0.25) is 6.29 Å². The van der Waals surface area contributed by atoms with Gasteiger partial charge in [0.1, 0.15) is 0 Å². The molecule has 2 aliphatic heterocycles. The molecule has 2 atom stereocenters. The highest BCUT2D eigenvalue weighted by Crippen LogP contribution is 2.32. The predicted octanol–water partition coefficient (Wildman–Crippen LogP) is 1.12. The monoisotopic (exact) mass is 567 g/mol. The molecule has 1 aromatic carbocycles. The van der Waals surface area contributed by atoms with Crippen LogP contribution in [-0.2, 0) is 42.7 Å². The number of ether oxygens (including phenoxy) is 8. The molecule has 1 aromatic rings. The molecule has 0 saturated carbocycles. The van der Waals surface area contributed by atoms with Crippen molar-refractivity contribution in [1.82, 2.24) is 4.90 Å². The summed E-state index contributed by atoms with van der Waals surface area (Å²) in [5.74, 6) is -0.758. The molecule has 1 fully saturated rings. The molecule has 0 aromatic heterocycles. The van der Waals surface area contributed by atoms with Gasteiger partial charge in [0.05, 0.1) is 92.0 Å². The predicted molar refractivity (Wildman–Crippen MR) is 142 cm³/mol. The Morgan fingerprint density at radius 2 is 1.48 bits per heavy atom. The molecule has 1 N–H and O–H groups in total. The van der Waals surface area contributed by atoms with Crippen molar-refractivity contribution in [2.45, 2.75) is 18.6 Å². The maximum atomic E-state index is 13.7. The summed E-state index contributed by atoms with van der Waals surface area (Å²) in [6.45, 7) is 4.70. The van der Waals surface area contributed by atoms with Gasteiger partial charge in [-0.05, 0) is 23.8 Å². The lowest BCUT2D eigenvalue weighted by Crippen LogP contribution is -2.40. The fourth-order valence-corrected chi connectivity index (χ4v) is 4.11. The van der Waals surface area contributed by atoms with Crippen molar-refractivity contribution in [3.8, 4) is 0 Å². The highest BCUT2D eigenvalue weighted by molar-refractivity contribution is 5.92. The van der Waals surface area contributed by atoms with Crippen molar-refractivity contribution in [1.29, 1.82) is 0 Å². The molecule has 224 valence electrons.